The molecule has 0 saturated heterocycles. The molecular formula is C7H11N3. The molecule has 54 valence electrons. The Hall–Kier alpha value is -1.25. The van der Waals surface area contributed by atoms with E-state index in [4.69, 9.17) is 5.84 Å². The third kappa shape index (κ3) is 1.37. The Bertz CT molecular complexity index is 225. The molecule has 10 heavy (non-hydrogen) atoms. The summed E-state index contributed by atoms with van der Waals surface area (Å²) in [6, 6.07) is 1.97. The number of hydrogen-bond donors (Lipinski definition) is 1. The van der Waals surface area contributed by atoms with E-state index in [9.17, 15) is 0 Å². The first kappa shape index (κ1) is 6.86. The number of rotatable bonds is 2. The molecule has 1 heterocycles. The fourth-order valence-corrected chi connectivity index (χ4v) is 0.818. The Labute approximate surface area is 60.2 Å². The summed E-state index contributed by atoms with van der Waals surface area (Å²) < 4.78 is 2.07. The van der Waals surface area contributed by atoms with Gasteiger partial charge >= 0.3 is 0 Å². The molecule has 1 aromatic rings. The van der Waals surface area contributed by atoms with E-state index in [1.165, 1.54) is 0 Å². The molecule has 0 aromatic carbocycles. The van der Waals surface area contributed by atoms with Crippen LogP contribution in [0.3, 0.4) is 0 Å². The largest absolute Gasteiger partial charge is 0.354 e. The summed E-state index contributed by atoms with van der Waals surface area (Å²) in [5.74, 6) is 4.97. The van der Waals surface area contributed by atoms with Crippen molar-refractivity contribution in [2.24, 2.45) is 10.9 Å². The topological polar surface area (TPSA) is 43.3 Å². The molecule has 0 spiro atoms. The monoisotopic (exact) mass is 137 g/mol. The minimum Gasteiger partial charge on any atom is -0.354 e. The Morgan fingerprint density at radius 3 is 3.10 bits per heavy atom. The molecule has 3 nitrogen and oxygen atoms in total. The predicted molar refractivity (Wildman–Crippen MR) is 41.9 cm³/mol. The molecule has 0 saturated carbocycles. The molecule has 1 aromatic heterocycles. The van der Waals surface area contributed by atoms with Gasteiger partial charge in [0.25, 0.3) is 0 Å². The van der Waals surface area contributed by atoms with Crippen LogP contribution in [0.15, 0.2) is 23.6 Å². The van der Waals surface area contributed by atoms with E-state index in [0.717, 1.165) is 12.1 Å². The number of aryl methyl sites for hydroxylation is 1. The van der Waals surface area contributed by atoms with E-state index < -0.39 is 0 Å². The van der Waals surface area contributed by atoms with Gasteiger partial charge in [0.05, 0.1) is 6.21 Å². The van der Waals surface area contributed by atoms with Crippen LogP contribution >= 0.6 is 0 Å². The molecule has 2 N–H and O–H groups in total. The number of nitrogens with zero attached hydrogens (tertiary/aromatic N) is 2. The van der Waals surface area contributed by atoms with Gasteiger partial charge in [0.15, 0.2) is 0 Å². The van der Waals surface area contributed by atoms with Gasteiger partial charge in [-0.25, -0.2) is 0 Å². The van der Waals surface area contributed by atoms with E-state index in [1.54, 1.807) is 6.21 Å². The minimum absolute atomic E-state index is 0.985. The van der Waals surface area contributed by atoms with Crippen LogP contribution < -0.4 is 5.84 Å². The van der Waals surface area contributed by atoms with Crippen molar-refractivity contribution in [3.63, 3.8) is 0 Å². The average Bonchev–Trinajstić information content (AvgIpc) is 2.37. The van der Waals surface area contributed by atoms with Crippen molar-refractivity contribution in [1.29, 1.82) is 0 Å². The quantitative estimate of drug-likeness (QED) is 0.365. The molecule has 0 aliphatic rings. The van der Waals surface area contributed by atoms with Crippen molar-refractivity contribution in [1.82, 2.24) is 4.57 Å². The van der Waals surface area contributed by atoms with Gasteiger partial charge in [-0.15, -0.1) is 0 Å². The smallest absolute Gasteiger partial charge is 0.0553 e. The fraction of sp³-hybridized carbons (Fsp3) is 0.286. The van der Waals surface area contributed by atoms with Gasteiger partial charge in [0.2, 0.25) is 0 Å². The molecule has 0 radical (unpaired) electrons. The van der Waals surface area contributed by atoms with Crippen molar-refractivity contribution < 1.29 is 0 Å². The number of nitrogens with two attached hydrogens (primary N) is 1. The molecular weight excluding hydrogens is 126 g/mol. The normalized spacial score (nSPS) is 10.9. The molecule has 0 unspecified atom stereocenters. The molecule has 3 heteroatoms. The first-order chi connectivity index (χ1) is 4.86. The zero-order chi connectivity index (χ0) is 7.40. The lowest BCUT2D eigenvalue weighted by Crippen LogP contribution is -1.88. The lowest BCUT2D eigenvalue weighted by Gasteiger charge is -1.91. The van der Waals surface area contributed by atoms with Crippen molar-refractivity contribution >= 4 is 6.21 Å². The van der Waals surface area contributed by atoms with E-state index in [1.807, 2.05) is 18.5 Å². The average molecular weight is 137 g/mol. The van der Waals surface area contributed by atoms with Gasteiger partial charge in [0.1, 0.15) is 0 Å². The standard InChI is InChI=1S/C7H11N3/c1-2-10-4-3-7(6-10)5-9-8/h3-6H,2,8H2,1H3/b9-5+. The van der Waals surface area contributed by atoms with E-state index in [0.29, 0.717) is 0 Å². The van der Waals surface area contributed by atoms with Crippen LogP contribution in [0.25, 0.3) is 0 Å². The van der Waals surface area contributed by atoms with E-state index in [2.05, 4.69) is 16.6 Å². The molecule has 0 aliphatic carbocycles. The summed E-state index contributed by atoms with van der Waals surface area (Å²) in [4.78, 5) is 0. The summed E-state index contributed by atoms with van der Waals surface area (Å²) in [6.45, 7) is 3.07. The van der Waals surface area contributed by atoms with Gasteiger partial charge in [-0.3, -0.25) is 0 Å². The first-order valence-corrected chi connectivity index (χ1v) is 3.26. The van der Waals surface area contributed by atoms with Crippen LogP contribution in [0.2, 0.25) is 0 Å². The predicted octanol–water partition coefficient (Wildman–Crippen LogP) is 0.801. The maximum atomic E-state index is 4.97. The van der Waals surface area contributed by atoms with Gasteiger partial charge in [-0.05, 0) is 13.0 Å². The van der Waals surface area contributed by atoms with Crippen LogP contribution in [0.5, 0.6) is 0 Å². The maximum Gasteiger partial charge on any atom is 0.0553 e. The third-order valence-corrected chi connectivity index (χ3v) is 1.36. The highest BCUT2D eigenvalue weighted by Gasteiger charge is 1.89. The van der Waals surface area contributed by atoms with Crippen molar-refractivity contribution in [3.05, 3.63) is 24.0 Å². The van der Waals surface area contributed by atoms with E-state index in [-0.39, 0.29) is 0 Å². The summed E-state index contributed by atoms with van der Waals surface area (Å²) >= 11 is 0. The van der Waals surface area contributed by atoms with Gasteiger partial charge < -0.3 is 10.4 Å². The zero-order valence-corrected chi connectivity index (χ0v) is 5.99. The Kier molecular flexibility index (Phi) is 2.10. The van der Waals surface area contributed by atoms with Gasteiger partial charge in [0, 0.05) is 24.5 Å². The highest BCUT2D eigenvalue weighted by atomic mass is 15.1. The van der Waals surface area contributed by atoms with Gasteiger partial charge in [-0.2, -0.15) is 5.10 Å². The molecule has 0 atom stereocenters. The van der Waals surface area contributed by atoms with Crippen molar-refractivity contribution in [2.45, 2.75) is 13.5 Å². The zero-order valence-electron chi connectivity index (χ0n) is 5.99. The third-order valence-electron chi connectivity index (χ3n) is 1.36. The van der Waals surface area contributed by atoms with Crippen LogP contribution in [-0.4, -0.2) is 10.8 Å². The van der Waals surface area contributed by atoms with Gasteiger partial charge in [-0.1, -0.05) is 0 Å². The minimum atomic E-state index is 0.985. The lowest BCUT2D eigenvalue weighted by molar-refractivity contribution is 0.769. The second-order valence-electron chi connectivity index (χ2n) is 2.05. The highest BCUT2D eigenvalue weighted by Crippen LogP contribution is 1.96. The Morgan fingerprint density at radius 1 is 1.80 bits per heavy atom. The van der Waals surface area contributed by atoms with Crippen LogP contribution in [-0.2, 0) is 6.54 Å². The number of hydrazone groups is 1. The van der Waals surface area contributed by atoms with Crippen LogP contribution in [0, 0.1) is 0 Å². The second-order valence-corrected chi connectivity index (χ2v) is 2.05. The lowest BCUT2D eigenvalue weighted by atomic mass is 10.4. The molecule has 0 fully saturated rings. The summed E-state index contributed by atoms with van der Waals surface area (Å²) in [5.41, 5.74) is 1.05. The van der Waals surface area contributed by atoms with E-state index >= 15 is 0 Å². The fourth-order valence-electron chi connectivity index (χ4n) is 0.818. The highest BCUT2D eigenvalue weighted by molar-refractivity contribution is 5.78. The SMILES string of the molecule is CCn1ccc(/C=N/N)c1. The molecule has 0 amide bonds. The van der Waals surface area contributed by atoms with Crippen LogP contribution in [0.4, 0.5) is 0 Å². The second kappa shape index (κ2) is 3.06. The summed E-state index contributed by atoms with van der Waals surface area (Å²) in [7, 11) is 0. The molecule has 1 rings (SSSR count). The Balaban J connectivity index is 2.78. The van der Waals surface area contributed by atoms with Crippen molar-refractivity contribution in [2.75, 3.05) is 0 Å². The Morgan fingerprint density at radius 2 is 2.60 bits per heavy atom. The van der Waals surface area contributed by atoms with Crippen molar-refractivity contribution in [3.8, 4) is 0 Å². The van der Waals surface area contributed by atoms with Crippen LogP contribution in [0.1, 0.15) is 12.5 Å². The molecule has 0 bridgehead atoms. The first-order valence-electron chi connectivity index (χ1n) is 3.26. The number of aromatic nitrogens is 1. The maximum absolute atomic E-state index is 4.97. The summed E-state index contributed by atoms with van der Waals surface area (Å²) in [5, 5.41) is 3.42. The summed E-state index contributed by atoms with van der Waals surface area (Å²) in [6.07, 6.45) is 5.62. The molecule has 0 aliphatic heterocycles. The number of hydrogen-bond acceptors (Lipinski definition) is 2.